The van der Waals surface area contributed by atoms with E-state index < -0.39 is 43.3 Å². The van der Waals surface area contributed by atoms with Gasteiger partial charge >= 0.3 is 0 Å². The van der Waals surface area contributed by atoms with Crippen molar-refractivity contribution in [3.05, 3.63) is 17.5 Å². The Morgan fingerprint density at radius 3 is 2.95 bits per heavy atom. The van der Waals surface area contributed by atoms with E-state index in [2.05, 4.69) is 15.5 Å². The highest BCUT2D eigenvalue weighted by atomic mass is 19.3. The lowest BCUT2D eigenvalue weighted by Crippen LogP contribution is -2.43. The monoisotopic (exact) mass is 297 g/mol. The summed E-state index contributed by atoms with van der Waals surface area (Å²) in [5.74, 6) is -4.32. The molecule has 0 spiro atoms. The lowest BCUT2D eigenvalue weighted by atomic mass is 10.2. The Kier molecular flexibility index (Phi) is 3.88. The van der Waals surface area contributed by atoms with Crippen molar-refractivity contribution in [2.45, 2.75) is 25.3 Å². The maximum Gasteiger partial charge on any atom is 0.268 e. The van der Waals surface area contributed by atoms with E-state index in [1.807, 2.05) is 0 Å². The molecule has 2 heterocycles. The Morgan fingerprint density at radius 2 is 2.38 bits per heavy atom. The minimum atomic E-state index is -3.07. The molecular formula is C12H13F2N5O2. The highest BCUT2D eigenvalue weighted by Crippen LogP contribution is 2.31. The van der Waals surface area contributed by atoms with Gasteiger partial charge in [0.25, 0.3) is 11.8 Å². The standard InChI is InChI=1S/C12H13F2N5O2/c1-7-9(4-17-18-7)11(21)16-5-10(20)19-6-12(13,14)2-8(19)3-15/h4,8H,2,5-6H2,1H3,(H,16,21)(H,17,18). The minimum Gasteiger partial charge on any atom is -0.343 e. The average Bonchev–Trinajstić information content (AvgIpc) is 2.98. The number of amides is 2. The summed E-state index contributed by atoms with van der Waals surface area (Å²) < 4.78 is 26.4. The first-order valence-corrected chi connectivity index (χ1v) is 6.19. The molecule has 1 aliphatic rings. The smallest absolute Gasteiger partial charge is 0.268 e. The third kappa shape index (κ3) is 3.16. The van der Waals surface area contributed by atoms with Gasteiger partial charge in [-0.15, -0.1) is 0 Å². The SMILES string of the molecule is Cc1[nH]ncc1C(=O)NCC(=O)N1CC(F)(F)CC1C#N. The van der Waals surface area contributed by atoms with Crippen LogP contribution in [-0.4, -0.2) is 52.0 Å². The van der Waals surface area contributed by atoms with Crippen molar-refractivity contribution in [3.63, 3.8) is 0 Å². The van der Waals surface area contributed by atoms with Crippen LogP contribution in [0.1, 0.15) is 22.5 Å². The number of alkyl halides is 2. The van der Waals surface area contributed by atoms with Gasteiger partial charge in [-0.3, -0.25) is 14.7 Å². The molecule has 9 heteroatoms. The van der Waals surface area contributed by atoms with E-state index in [-0.39, 0.29) is 5.56 Å². The molecular weight excluding hydrogens is 284 g/mol. The number of hydrogen-bond acceptors (Lipinski definition) is 4. The summed E-state index contributed by atoms with van der Waals surface area (Å²) in [6.45, 7) is 0.388. The van der Waals surface area contributed by atoms with Crippen LogP contribution in [0.3, 0.4) is 0 Å². The molecule has 2 amide bonds. The Hall–Kier alpha value is -2.50. The van der Waals surface area contributed by atoms with Gasteiger partial charge in [0.1, 0.15) is 6.04 Å². The summed E-state index contributed by atoms with van der Waals surface area (Å²) in [7, 11) is 0. The molecule has 112 valence electrons. The summed E-state index contributed by atoms with van der Waals surface area (Å²) in [5, 5.41) is 17.4. The zero-order valence-electron chi connectivity index (χ0n) is 11.2. The van der Waals surface area contributed by atoms with Gasteiger partial charge in [0, 0.05) is 12.1 Å². The molecule has 1 aromatic heterocycles. The molecule has 1 fully saturated rings. The normalized spacial score (nSPS) is 20.1. The van der Waals surface area contributed by atoms with E-state index in [0.717, 1.165) is 4.90 Å². The maximum absolute atomic E-state index is 13.2. The van der Waals surface area contributed by atoms with Crippen molar-refractivity contribution in [1.29, 1.82) is 5.26 Å². The van der Waals surface area contributed by atoms with Gasteiger partial charge in [-0.2, -0.15) is 10.4 Å². The predicted molar refractivity (Wildman–Crippen MR) is 66.3 cm³/mol. The summed E-state index contributed by atoms with van der Waals surface area (Å²) in [6, 6.07) is 0.506. The largest absolute Gasteiger partial charge is 0.343 e. The first-order chi connectivity index (χ1) is 9.84. The topological polar surface area (TPSA) is 102 Å². The zero-order chi connectivity index (χ0) is 15.6. The maximum atomic E-state index is 13.2. The van der Waals surface area contributed by atoms with Crippen LogP contribution in [0.2, 0.25) is 0 Å². The van der Waals surface area contributed by atoms with Crippen LogP contribution in [0.25, 0.3) is 0 Å². The number of H-pyrrole nitrogens is 1. The van der Waals surface area contributed by atoms with Gasteiger partial charge in [0.05, 0.1) is 30.9 Å². The highest BCUT2D eigenvalue weighted by molar-refractivity contribution is 5.97. The fraction of sp³-hybridized carbons (Fsp3) is 0.500. The Bertz CT molecular complexity index is 607. The van der Waals surface area contributed by atoms with Crippen LogP contribution in [0.5, 0.6) is 0 Å². The number of nitriles is 1. The molecule has 2 N–H and O–H groups in total. The number of carbonyl (C=O) groups is 2. The van der Waals surface area contributed by atoms with Crippen LogP contribution in [0.15, 0.2) is 6.20 Å². The second-order valence-corrected chi connectivity index (χ2v) is 4.82. The van der Waals surface area contributed by atoms with Crippen molar-refractivity contribution in [3.8, 4) is 6.07 Å². The third-order valence-corrected chi connectivity index (χ3v) is 3.21. The molecule has 1 aliphatic heterocycles. The second-order valence-electron chi connectivity index (χ2n) is 4.82. The van der Waals surface area contributed by atoms with E-state index in [1.165, 1.54) is 6.20 Å². The number of aromatic nitrogens is 2. The van der Waals surface area contributed by atoms with E-state index in [9.17, 15) is 18.4 Å². The van der Waals surface area contributed by atoms with Crippen LogP contribution in [-0.2, 0) is 4.79 Å². The first kappa shape index (κ1) is 14.9. The molecule has 2 rings (SSSR count). The zero-order valence-corrected chi connectivity index (χ0v) is 11.2. The Labute approximate surface area is 118 Å². The number of hydrogen-bond donors (Lipinski definition) is 2. The Morgan fingerprint density at radius 1 is 1.67 bits per heavy atom. The molecule has 0 aliphatic carbocycles. The lowest BCUT2D eigenvalue weighted by Gasteiger charge is -2.19. The molecule has 1 aromatic rings. The number of halogens is 2. The lowest BCUT2D eigenvalue weighted by molar-refractivity contribution is -0.131. The molecule has 0 saturated carbocycles. The predicted octanol–water partition coefficient (Wildman–Crippen LogP) is 0.208. The summed E-state index contributed by atoms with van der Waals surface area (Å²) >= 11 is 0. The number of rotatable bonds is 3. The van der Waals surface area contributed by atoms with Gasteiger partial charge in [-0.25, -0.2) is 8.78 Å². The average molecular weight is 297 g/mol. The molecule has 0 radical (unpaired) electrons. The number of aromatic amines is 1. The van der Waals surface area contributed by atoms with Gasteiger partial charge in [-0.1, -0.05) is 0 Å². The van der Waals surface area contributed by atoms with Crippen molar-refractivity contribution >= 4 is 11.8 Å². The van der Waals surface area contributed by atoms with Crippen molar-refractivity contribution < 1.29 is 18.4 Å². The fourth-order valence-electron chi connectivity index (χ4n) is 2.13. The van der Waals surface area contributed by atoms with Gasteiger partial charge < -0.3 is 10.2 Å². The number of aryl methyl sites for hydroxylation is 1. The number of likely N-dealkylation sites (tertiary alicyclic amines) is 1. The summed E-state index contributed by atoms with van der Waals surface area (Å²) in [5.41, 5.74) is 0.800. The number of nitrogens with zero attached hydrogens (tertiary/aromatic N) is 3. The van der Waals surface area contributed by atoms with Crippen LogP contribution >= 0.6 is 0 Å². The third-order valence-electron chi connectivity index (χ3n) is 3.21. The summed E-state index contributed by atoms with van der Waals surface area (Å²) in [4.78, 5) is 24.4. The quantitative estimate of drug-likeness (QED) is 0.832. The van der Waals surface area contributed by atoms with E-state index in [0.29, 0.717) is 5.69 Å². The van der Waals surface area contributed by atoms with E-state index in [4.69, 9.17) is 5.26 Å². The minimum absolute atomic E-state index is 0.270. The van der Waals surface area contributed by atoms with Crippen LogP contribution in [0.4, 0.5) is 8.78 Å². The molecule has 21 heavy (non-hydrogen) atoms. The molecule has 0 bridgehead atoms. The van der Waals surface area contributed by atoms with Crippen LogP contribution in [0, 0.1) is 18.3 Å². The van der Waals surface area contributed by atoms with Crippen molar-refractivity contribution in [2.75, 3.05) is 13.1 Å². The number of carbonyl (C=O) groups excluding carboxylic acids is 2. The van der Waals surface area contributed by atoms with E-state index >= 15 is 0 Å². The second kappa shape index (κ2) is 5.47. The van der Waals surface area contributed by atoms with Crippen molar-refractivity contribution in [2.24, 2.45) is 0 Å². The van der Waals surface area contributed by atoms with E-state index in [1.54, 1.807) is 13.0 Å². The first-order valence-electron chi connectivity index (χ1n) is 6.19. The molecule has 0 aromatic carbocycles. The Balaban J connectivity index is 1.95. The highest BCUT2D eigenvalue weighted by Gasteiger charge is 2.47. The summed E-state index contributed by atoms with van der Waals surface area (Å²) in [6.07, 6.45) is 0.626. The van der Waals surface area contributed by atoms with Crippen LogP contribution < -0.4 is 5.32 Å². The van der Waals surface area contributed by atoms with Crippen molar-refractivity contribution in [1.82, 2.24) is 20.4 Å². The number of nitrogens with one attached hydrogen (secondary N) is 2. The molecule has 1 atom stereocenters. The molecule has 1 saturated heterocycles. The molecule has 7 nitrogen and oxygen atoms in total. The van der Waals surface area contributed by atoms with Gasteiger partial charge in [0.15, 0.2) is 0 Å². The van der Waals surface area contributed by atoms with Gasteiger partial charge in [-0.05, 0) is 6.92 Å². The van der Waals surface area contributed by atoms with Gasteiger partial charge in [0.2, 0.25) is 5.91 Å². The fourth-order valence-corrected chi connectivity index (χ4v) is 2.13. The molecule has 1 unspecified atom stereocenters.